The average molecular weight is 310 g/mol. The summed E-state index contributed by atoms with van der Waals surface area (Å²) in [7, 11) is 0. The van der Waals surface area contributed by atoms with Crippen molar-refractivity contribution in [1.29, 1.82) is 0 Å². The smallest absolute Gasteiger partial charge is 0.0950 e. The minimum absolute atomic E-state index is 0.0913. The fourth-order valence-electron chi connectivity index (χ4n) is 3.85. The number of aliphatic hydroxyl groups is 1. The zero-order chi connectivity index (χ0) is 16.2. The zero-order valence-corrected chi connectivity index (χ0v) is 13.8. The molecule has 1 aliphatic heterocycles. The first-order chi connectivity index (χ1) is 11.2. The SMILES string of the molecule is C=CC1CN[C@H]([C@H](O)c2ccnc3ccccc23)CC1CCC. The second-order valence-corrected chi connectivity index (χ2v) is 6.56. The van der Waals surface area contributed by atoms with Crippen LogP contribution in [0.5, 0.6) is 0 Å². The van der Waals surface area contributed by atoms with Crippen LogP contribution >= 0.6 is 0 Å². The van der Waals surface area contributed by atoms with Crippen molar-refractivity contribution in [3.63, 3.8) is 0 Å². The molecule has 2 aromatic rings. The largest absolute Gasteiger partial charge is 0.387 e. The van der Waals surface area contributed by atoms with Crippen LogP contribution in [0.4, 0.5) is 0 Å². The van der Waals surface area contributed by atoms with Gasteiger partial charge < -0.3 is 10.4 Å². The predicted octanol–water partition coefficient (Wildman–Crippen LogP) is 3.85. The van der Waals surface area contributed by atoms with Gasteiger partial charge in [-0.1, -0.05) is 44.0 Å². The number of aromatic nitrogens is 1. The highest BCUT2D eigenvalue weighted by Crippen LogP contribution is 2.34. The first kappa shape index (κ1) is 16.2. The van der Waals surface area contributed by atoms with Crippen molar-refractivity contribution in [2.24, 2.45) is 11.8 Å². The van der Waals surface area contributed by atoms with Crippen molar-refractivity contribution in [2.75, 3.05) is 6.54 Å². The summed E-state index contributed by atoms with van der Waals surface area (Å²) in [6.07, 6.45) is 6.71. The van der Waals surface area contributed by atoms with Crippen LogP contribution in [-0.2, 0) is 0 Å². The first-order valence-electron chi connectivity index (χ1n) is 8.62. The summed E-state index contributed by atoms with van der Waals surface area (Å²) in [6, 6.07) is 10.1. The number of benzene rings is 1. The summed E-state index contributed by atoms with van der Waals surface area (Å²) in [5.74, 6) is 1.11. The Balaban J connectivity index is 1.84. The molecule has 0 aliphatic carbocycles. The van der Waals surface area contributed by atoms with Gasteiger partial charge in [0.1, 0.15) is 0 Å². The second kappa shape index (κ2) is 7.24. The van der Waals surface area contributed by atoms with Gasteiger partial charge in [-0.15, -0.1) is 6.58 Å². The lowest BCUT2D eigenvalue weighted by Gasteiger charge is -2.38. The molecule has 3 nitrogen and oxygen atoms in total. The van der Waals surface area contributed by atoms with Crippen molar-refractivity contribution in [1.82, 2.24) is 10.3 Å². The van der Waals surface area contributed by atoms with Gasteiger partial charge in [-0.25, -0.2) is 0 Å². The van der Waals surface area contributed by atoms with E-state index in [0.717, 1.165) is 29.4 Å². The lowest BCUT2D eigenvalue weighted by atomic mass is 9.78. The molecule has 1 saturated heterocycles. The third kappa shape index (κ3) is 3.31. The van der Waals surface area contributed by atoms with Gasteiger partial charge >= 0.3 is 0 Å². The molecule has 0 amide bonds. The number of nitrogens with zero attached hydrogens (tertiary/aromatic N) is 1. The van der Waals surface area contributed by atoms with Crippen molar-refractivity contribution >= 4 is 10.9 Å². The lowest BCUT2D eigenvalue weighted by molar-refractivity contribution is 0.0860. The Labute approximate surface area is 138 Å². The predicted molar refractivity (Wildman–Crippen MR) is 95.2 cm³/mol. The third-order valence-electron chi connectivity index (χ3n) is 5.12. The van der Waals surface area contributed by atoms with Crippen LogP contribution in [0.25, 0.3) is 10.9 Å². The molecule has 23 heavy (non-hydrogen) atoms. The zero-order valence-electron chi connectivity index (χ0n) is 13.8. The molecule has 1 aliphatic rings. The van der Waals surface area contributed by atoms with E-state index in [4.69, 9.17) is 0 Å². The molecule has 0 saturated carbocycles. The maximum Gasteiger partial charge on any atom is 0.0950 e. The van der Waals surface area contributed by atoms with Crippen LogP contribution in [0, 0.1) is 11.8 Å². The van der Waals surface area contributed by atoms with Crippen molar-refractivity contribution in [3.8, 4) is 0 Å². The van der Waals surface area contributed by atoms with E-state index in [1.807, 2.05) is 30.3 Å². The van der Waals surface area contributed by atoms with Crippen molar-refractivity contribution < 1.29 is 5.11 Å². The highest BCUT2D eigenvalue weighted by molar-refractivity contribution is 5.82. The van der Waals surface area contributed by atoms with Crippen LogP contribution < -0.4 is 5.32 Å². The van der Waals surface area contributed by atoms with Gasteiger partial charge in [0.05, 0.1) is 11.6 Å². The average Bonchev–Trinajstić information content (AvgIpc) is 2.61. The van der Waals surface area contributed by atoms with Gasteiger partial charge in [0.15, 0.2) is 0 Å². The maximum atomic E-state index is 11.0. The number of fused-ring (bicyclic) bond motifs is 1. The number of nitrogens with one attached hydrogen (secondary N) is 1. The number of hydrogen-bond donors (Lipinski definition) is 2. The topological polar surface area (TPSA) is 45.1 Å². The Morgan fingerprint density at radius 1 is 1.39 bits per heavy atom. The minimum Gasteiger partial charge on any atom is -0.387 e. The van der Waals surface area contributed by atoms with Gasteiger partial charge in [0.25, 0.3) is 0 Å². The summed E-state index contributed by atoms with van der Waals surface area (Å²) in [5.41, 5.74) is 1.91. The number of rotatable bonds is 5. The van der Waals surface area contributed by atoms with E-state index in [9.17, 15) is 5.11 Å². The number of pyridine rings is 1. The summed E-state index contributed by atoms with van der Waals surface area (Å²) >= 11 is 0. The summed E-state index contributed by atoms with van der Waals surface area (Å²) < 4.78 is 0. The first-order valence-corrected chi connectivity index (χ1v) is 8.62. The van der Waals surface area contributed by atoms with E-state index in [1.54, 1.807) is 6.20 Å². The molecule has 1 aromatic carbocycles. The van der Waals surface area contributed by atoms with E-state index in [1.165, 1.54) is 12.8 Å². The Bertz CT molecular complexity index is 664. The van der Waals surface area contributed by atoms with E-state index >= 15 is 0 Å². The molecule has 0 bridgehead atoms. The van der Waals surface area contributed by atoms with Gasteiger partial charge in [-0.05, 0) is 36.0 Å². The monoisotopic (exact) mass is 310 g/mol. The van der Waals surface area contributed by atoms with Gasteiger partial charge in [-0.3, -0.25) is 4.98 Å². The van der Waals surface area contributed by atoms with E-state index in [2.05, 4.69) is 29.9 Å². The summed E-state index contributed by atoms with van der Waals surface area (Å²) in [4.78, 5) is 4.39. The number of aliphatic hydroxyl groups excluding tert-OH is 1. The number of hydrogen-bond acceptors (Lipinski definition) is 3. The van der Waals surface area contributed by atoms with E-state index in [-0.39, 0.29) is 6.04 Å². The molecule has 2 N–H and O–H groups in total. The number of para-hydroxylation sites is 1. The Hall–Kier alpha value is -1.71. The Morgan fingerprint density at radius 2 is 2.22 bits per heavy atom. The molecule has 3 heteroatoms. The fourth-order valence-corrected chi connectivity index (χ4v) is 3.85. The lowest BCUT2D eigenvalue weighted by Crippen LogP contribution is -2.46. The molecule has 1 fully saturated rings. The molecular weight excluding hydrogens is 284 g/mol. The Morgan fingerprint density at radius 3 is 3.00 bits per heavy atom. The molecule has 1 aromatic heterocycles. The molecule has 0 radical (unpaired) electrons. The standard InChI is InChI=1S/C20H26N2O/c1-3-7-15-12-19(22-13-14(15)4-2)20(23)17-10-11-21-18-9-6-5-8-16(17)18/h4-6,8-11,14-15,19-20,22-23H,2-3,7,12-13H2,1H3/t14?,15?,19-,20+/m0/s1. The van der Waals surface area contributed by atoms with Gasteiger partial charge in [0.2, 0.25) is 0 Å². The maximum absolute atomic E-state index is 11.0. The molecule has 3 rings (SSSR count). The molecule has 0 spiro atoms. The molecule has 122 valence electrons. The second-order valence-electron chi connectivity index (χ2n) is 6.56. The van der Waals surface area contributed by atoms with Crippen LogP contribution in [0.1, 0.15) is 37.9 Å². The van der Waals surface area contributed by atoms with Crippen LogP contribution in [-0.4, -0.2) is 22.7 Å². The third-order valence-corrected chi connectivity index (χ3v) is 5.12. The highest BCUT2D eigenvalue weighted by Gasteiger charge is 2.32. The molecule has 4 atom stereocenters. The van der Waals surface area contributed by atoms with Gasteiger partial charge in [0, 0.05) is 24.2 Å². The van der Waals surface area contributed by atoms with E-state index < -0.39 is 6.10 Å². The molecule has 2 heterocycles. The van der Waals surface area contributed by atoms with Crippen LogP contribution in [0.2, 0.25) is 0 Å². The highest BCUT2D eigenvalue weighted by atomic mass is 16.3. The quantitative estimate of drug-likeness (QED) is 0.825. The van der Waals surface area contributed by atoms with Crippen LogP contribution in [0.15, 0.2) is 49.2 Å². The van der Waals surface area contributed by atoms with Crippen molar-refractivity contribution in [2.45, 2.75) is 38.3 Å². The molecule has 2 unspecified atom stereocenters. The van der Waals surface area contributed by atoms with Crippen LogP contribution in [0.3, 0.4) is 0 Å². The van der Waals surface area contributed by atoms with Crippen molar-refractivity contribution in [3.05, 3.63) is 54.7 Å². The summed E-state index contributed by atoms with van der Waals surface area (Å²) in [6.45, 7) is 7.10. The fraction of sp³-hybridized carbons (Fsp3) is 0.450. The molecular formula is C20H26N2O. The van der Waals surface area contributed by atoms with E-state index in [0.29, 0.717) is 11.8 Å². The normalized spacial score (nSPS) is 26.1. The number of piperidine rings is 1. The van der Waals surface area contributed by atoms with Gasteiger partial charge in [-0.2, -0.15) is 0 Å². The minimum atomic E-state index is -0.506. The summed E-state index contributed by atoms with van der Waals surface area (Å²) in [5, 5.41) is 15.5. The Kier molecular flexibility index (Phi) is 5.09.